The van der Waals surface area contributed by atoms with Gasteiger partial charge >= 0.3 is 0 Å². The van der Waals surface area contributed by atoms with Crippen molar-refractivity contribution in [3.8, 4) is 0 Å². The Labute approximate surface area is 126 Å². The first-order valence-electron chi connectivity index (χ1n) is 7.41. The highest BCUT2D eigenvalue weighted by Crippen LogP contribution is 2.24. The molecule has 1 fully saturated rings. The molecule has 2 aliphatic heterocycles. The molecule has 4 rings (SSSR count). The maximum Gasteiger partial charge on any atom is 0.0316 e. The van der Waals surface area contributed by atoms with Gasteiger partial charge in [0.05, 0.1) is 0 Å². The van der Waals surface area contributed by atoms with Crippen molar-refractivity contribution in [3.05, 3.63) is 59.7 Å². The number of pyridine rings is 2. The van der Waals surface area contributed by atoms with Crippen LogP contribution in [0, 0.1) is 0 Å². The summed E-state index contributed by atoms with van der Waals surface area (Å²) >= 11 is 0. The largest absolute Gasteiger partial charge is 0.305 e. The molecule has 4 nitrogen and oxygen atoms in total. The van der Waals surface area contributed by atoms with Gasteiger partial charge in [-0.25, -0.2) is 0 Å². The molecule has 0 aliphatic carbocycles. The Morgan fingerprint density at radius 3 is 2.33 bits per heavy atom. The van der Waals surface area contributed by atoms with Crippen LogP contribution in [0.15, 0.2) is 43.0 Å². The monoisotopic (exact) mass is 282 g/mol. The van der Waals surface area contributed by atoms with Crippen LogP contribution in [0.5, 0.6) is 0 Å². The maximum atomic E-state index is 4.09. The van der Waals surface area contributed by atoms with Gasteiger partial charge in [-0.3, -0.25) is 14.9 Å². The van der Waals surface area contributed by atoms with Crippen LogP contribution in [-0.2, 0) is 13.1 Å². The molecule has 0 spiro atoms. The summed E-state index contributed by atoms with van der Waals surface area (Å²) in [5, 5.41) is 0. The summed E-state index contributed by atoms with van der Waals surface area (Å²) in [6, 6.07) is 6.26. The van der Waals surface area contributed by atoms with Crippen LogP contribution in [0.25, 0.3) is 0 Å². The van der Waals surface area contributed by atoms with Gasteiger partial charge < -0.3 is 4.90 Å². The van der Waals surface area contributed by atoms with Crippen molar-refractivity contribution in [2.75, 3.05) is 27.2 Å². The first kappa shape index (κ1) is 14.2. The molecule has 2 aromatic heterocycles. The maximum absolute atomic E-state index is 4.09. The second-order valence-electron chi connectivity index (χ2n) is 6.02. The Balaban J connectivity index is 0.000000126. The summed E-state index contributed by atoms with van der Waals surface area (Å²) in [5.41, 5.74) is 4.19. The second kappa shape index (κ2) is 6.33. The van der Waals surface area contributed by atoms with E-state index in [4.69, 9.17) is 0 Å². The lowest BCUT2D eigenvalue weighted by Gasteiger charge is -2.36. The number of hydrogen-bond acceptors (Lipinski definition) is 4. The van der Waals surface area contributed by atoms with Crippen molar-refractivity contribution in [3.63, 3.8) is 0 Å². The van der Waals surface area contributed by atoms with Crippen LogP contribution in [-0.4, -0.2) is 47.0 Å². The van der Waals surface area contributed by atoms with Gasteiger partial charge in [-0.2, -0.15) is 0 Å². The predicted octanol–water partition coefficient (Wildman–Crippen LogP) is 2.14. The minimum absolute atomic E-state index is 0.730. The van der Waals surface area contributed by atoms with E-state index in [-0.39, 0.29) is 0 Å². The highest BCUT2D eigenvalue weighted by molar-refractivity contribution is 5.26. The SMILES string of the molecule is CN1CC(c2cccnc2)C1.CN1Cc2ccncc2C1. The molecule has 0 bridgehead atoms. The lowest BCUT2D eigenvalue weighted by molar-refractivity contribution is 0.189. The number of hydrogen-bond donors (Lipinski definition) is 0. The Morgan fingerprint density at radius 2 is 1.67 bits per heavy atom. The van der Waals surface area contributed by atoms with Gasteiger partial charge in [-0.05, 0) is 42.9 Å². The molecule has 2 aromatic rings. The zero-order valence-electron chi connectivity index (χ0n) is 12.7. The van der Waals surface area contributed by atoms with Crippen molar-refractivity contribution in [2.45, 2.75) is 19.0 Å². The van der Waals surface area contributed by atoms with E-state index < -0.39 is 0 Å². The third-order valence-electron chi connectivity index (χ3n) is 4.11. The van der Waals surface area contributed by atoms with Crippen LogP contribution in [0.4, 0.5) is 0 Å². The average molecular weight is 282 g/mol. The average Bonchev–Trinajstić information content (AvgIpc) is 2.85. The van der Waals surface area contributed by atoms with E-state index in [0.717, 1.165) is 19.0 Å². The van der Waals surface area contributed by atoms with E-state index >= 15 is 0 Å². The fourth-order valence-electron chi connectivity index (χ4n) is 2.92. The smallest absolute Gasteiger partial charge is 0.0316 e. The molecule has 0 aromatic carbocycles. The van der Waals surface area contributed by atoms with Gasteiger partial charge in [0, 0.05) is 56.9 Å². The summed E-state index contributed by atoms with van der Waals surface area (Å²) in [4.78, 5) is 12.8. The highest BCUT2D eigenvalue weighted by Gasteiger charge is 2.24. The molecule has 4 heterocycles. The third kappa shape index (κ3) is 3.46. The Kier molecular flexibility index (Phi) is 4.27. The van der Waals surface area contributed by atoms with Crippen LogP contribution in [0.1, 0.15) is 22.6 Å². The summed E-state index contributed by atoms with van der Waals surface area (Å²) in [7, 11) is 4.27. The van der Waals surface area contributed by atoms with E-state index in [1.54, 1.807) is 0 Å². The lowest BCUT2D eigenvalue weighted by atomic mass is 9.94. The molecular weight excluding hydrogens is 260 g/mol. The van der Waals surface area contributed by atoms with Gasteiger partial charge in [0.1, 0.15) is 0 Å². The van der Waals surface area contributed by atoms with Crippen molar-refractivity contribution >= 4 is 0 Å². The lowest BCUT2D eigenvalue weighted by Crippen LogP contribution is -2.41. The molecule has 0 amide bonds. The molecular formula is C17H22N4. The molecule has 110 valence electrons. The molecule has 4 heteroatoms. The first-order valence-corrected chi connectivity index (χ1v) is 7.41. The molecule has 0 saturated carbocycles. The Bertz CT molecular complexity index is 553. The number of nitrogens with zero attached hydrogens (tertiary/aromatic N) is 4. The van der Waals surface area contributed by atoms with Crippen molar-refractivity contribution < 1.29 is 0 Å². The van der Waals surface area contributed by atoms with Gasteiger partial charge in [0.15, 0.2) is 0 Å². The number of rotatable bonds is 1. The second-order valence-corrected chi connectivity index (χ2v) is 6.02. The Hall–Kier alpha value is -1.78. The predicted molar refractivity (Wildman–Crippen MR) is 83.9 cm³/mol. The van der Waals surface area contributed by atoms with Crippen molar-refractivity contribution in [1.29, 1.82) is 0 Å². The topological polar surface area (TPSA) is 32.3 Å². The van der Waals surface area contributed by atoms with Crippen LogP contribution in [0.3, 0.4) is 0 Å². The number of aromatic nitrogens is 2. The van der Waals surface area contributed by atoms with Gasteiger partial charge in [0.2, 0.25) is 0 Å². The van der Waals surface area contributed by atoms with Crippen LogP contribution in [0.2, 0.25) is 0 Å². The fourth-order valence-corrected chi connectivity index (χ4v) is 2.92. The summed E-state index contributed by atoms with van der Waals surface area (Å²) < 4.78 is 0. The highest BCUT2D eigenvalue weighted by atomic mass is 15.2. The molecule has 2 aliphatic rings. The van der Waals surface area contributed by atoms with Crippen LogP contribution >= 0.6 is 0 Å². The van der Waals surface area contributed by atoms with E-state index in [1.807, 2.05) is 30.9 Å². The van der Waals surface area contributed by atoms with Crippen LogP contribution < -0.4 is 0 Å². The summed E-state index contributed by atoms with van der Waals surface area (Å²) in [6.07, 6.45) is 7.61. The number of likely N-dealkylation sites (N-methyl/N-ethyl adjacent to an activating group) is 1. The normalized spacial score (nSPS) is 18.6. The molecule has 0 atom stereocenters. The number of likely N-dealkylation sites (tertiary alicyclic amines) is 1. The fraction of sp³-hybridized carbons (Fsp3) is 0.412. The molecule has 21 heavy (non-hydrogen) atoms. The van der Waals surface area contributed by atoms with Gasteiger partial charge in [0.25, 0.3) is 0 Å². The van der Waals surface area contributed by atoms with E-state index in [0.29, 0.717) is 0 Å². The quantitative estimate of drug-likeness (QED) is 0.802. The van der Waals surface area contributed by atoms with Crippen molar-refractivity contribution in [1.82, 2.24) is 19.8 Å². The van der Waals surface area contributed by atoms with E-state index in [9.17, 15) is 0 Å². The van der Waals surface area contributed by atoms with E-state index in [2.05, 4.69) is 46.0 Å². The zero-order valence-corrected chi connectivity index (χ0v) is 12.7. The van der Waals surface area contributed by atoms with Crippen molar-refractivity contribution in [2.24, 2.45) is 0 Å². The summed E-state index contributed by atoms with van der Waals surface area (Å²) in [5.74, 6) is 0.730. The van der Waals surface area contributed by atoms with E-state index in [1.165, 1.54) is 29.8 Å². The third-order valence-corrected chi connectivity index (χ3v) is 4.11. The molecule has 1 saturated heterocycles. The Morgan fingerprint density at radius 1 is 0.905 bits per heavy atom. The minimum Gasteiger partial charge on any atom is -0.305 e. The van der Waals surface area contributed by atoms with Gasteiger partial charge in [-0.15, -0.1) is 0 Å². The molecule has 0 radical (unpaired) electrons. The standard InChI is InChI=1S/C9H12N2.C8H10N2/c1-11-6-9(7-11)8-3-2-4-10-5-8;1-10-5-7-2-3-9-4-8(7)6-10/h2-5,9H,6-7H2,1H3;2-4H,5-6H2,1H3. The zero-order chi connectivity index (χ0) is 14.7. The molecule has 0 unspecified atom stereocenters. The minimum atomic E-state index is 0.730. The molecule has 0 N–H and O–H groups in total. The van der Waals surface area contributed by atoms with Gasteiger partial charge in [-0.1, -0.05) is 6.07 Å². The summed E-state index contributed by atoms with van der Waals surface area (Å²) in [6.45, 7) is 4.51. The first-order chi connectivity index (χ1) is 10.2. The number of fused-ring (bicyclic) bond motifs is 1.